The van der Waals surface area contributed by atoms with Crippen molar-refractivity contribution in [3.63, 3.8) is 0 Å². The van der Waals surface area contributed by atoms with Crippen molar-refractivity contribution in [3.05, 3.63) is 28.2 Å². The summed E-state index contributed by atoms with van der Waals surface area (Å²) in [4.78, 5) is 8.34. The molecule has 0 amide bonds. The van der Waals surface area contributed by atoms with E-state index in [1.54, 1.807) is 17.1 Å². The highest BCUT2D eigenvalue weighted by Gasteiger charge is 2.10. The molecule has 2 aromatic heterocycles. The standard InChI is InChI=1S/C10H11BrClN5/c1-2-3-13-9-8(11)10(15-6-14-9)17-5-7(12)4-16-17/h4-6H,2-3H2,1H3,(H,13,14,15). The molecule has 2 heterocycles. The zero-order chi connectivity index (χ0) is 12.3. The topological polar surface area (TPSA) is 55.6 Å². The van der Waals surface area contributed by atoms with Crippen molar-refractivity contribution in [3.8, 4) is 5.82 Å². The maximum absolute atomic E-state index is 5.83. The number of aromatic nitrogens is 4. The number of anilines is 1. The van der Waals surface area contributed by atoms with Crippen LogP contribution < -0.4 is 5.32 Å². The van der Waals surface area contributed by atoms with Gasteiger partial charge < -0.3 is 5.32 Å². The molecule has 0 bridgehead atoms. The lowest BCUT2D eigenvalue weighted by atomic mass is 10.4. The molecule has 0 aliphatic carbocycles. The van der Waals surface area contributed by atoms with Gasteiger partial charge in [-0.25, -0.2) is 14.6 Å². The zero-order valence-corrected chi connectivity index (χ0v) is 11.5. The van der Waals surface area contributed by atoms with Gasteiger partial charge in [0.15, 0.2) is 5.82 Å². The minimum atomic E-state index is 0.568. The van der Waals surface area contributed by atoms with Crippen molar-refractivity contribution in [2.45, 2.75) is 13.3 Å². The Morgan fingerprint density at radius 1 is 1.47 bits per heavy atom. The van der Waals surface area contributed by atoms with Gasteiger partial charge in [-0.1, -0.05) is 18.5 Å². The number of hydrogen-bond acceptors (Lipinski definition) is 4. The van der Waals surface area contributed by atoms with Crippen LogP contribution in [0.5, 0.6) is 0 Å². The van der Waals surface area contributed by atoms with E-state index < -0.39 is 0 Å². The van der Waals surface area contributed by atoms with Crippen LogP contribution in [-0.4, -0.2) is 26.3 Å². The Kier molecular flexibility index (Phi) is 3.96. The molecule has 0 aromatic carbocycles. The Morgan fingerprint density at radius 2 is 2.29 bits per heavy atom. The van der Waals surface area contributed by atoms with Crippen LogP contribution in [0.2, 0.25) is 5.02 Å². The molecule has 2 rings (SSSR count). The molecule has 0 aliphatic rings. The van der Waals surface area contributed by atoms with Crippen molar-refractivity contribution in [2.24, 2.45) is 0 Å². The summed E-state index contributed by atoms with van der Waals surface area (Å²) in [5.74, 6) is 1.41. The lowest BCUT2D eigenvalue weighted by molar-refractivity contribution is 0.832. The molecule has 2 aromatic rings. The highest BCUT2D eigenvalue weighted by atomic mass is 79.9. The number of halogens is 2. The summed E-state index contributed by atoms with van der Waals surface area (Å²) >= 11 is 9.29. The molecule has 0 saturated carbocycles. The summed E-state index contributed by atoms with van der Waals surface area (Å²) in [6.07, 6.45) is 5.78. The molecule has 0 unspecified atom stereocenters. The van der Waals surface area contributed by atoms with E-state index in [0.29, 0.717) is 10.8 Å². The Labute approximate surface area is 112 Å². The van der Waals surface area contributed by atoms with E-state index in [4.69, 9.17) is 11.6 Å². The van der Waals surface area contributed by atoms with Crippen molar-refractivity contribution < 1.29 is 0 Å². The first-order valence-corrected chi connectivity index (χ1v) is 6.34. The van der Waals surface area contributed by atoms with Crippen molar-refractivity contribution in [1.29, 1.82) is 0 Å². The van der Waals surface area contributed by atoms with Crippen LogP contribution in [0.25, 0.3) is 5.82 Å². The van der Waals surface area contributed by atoms with Crippen LogP contribution in [0.1, 0.15) is 13.3 Å². The SMILES string of the molecule is CCCNc1ncnc(-n2cc(Cl)cn2)c1Br. The van der Waals surface area contributed by atoms with Crippen molar-refractivity contribution >= 4 is 33.3 Å². The number of rotatable bonds is 4. The van der Waals surface area contributed by atoms with Crippen LogP contribution in [0.4, 0.5) is 5.82 Å². The maximum atomic E-state index is 5.83. The van der Waals surface area contributed by atoms with E-state index in [9.17, 15) is 0 Å². The fraction of sp³-hybridized carbons (Fsp3) is 0.300. The van der Waals surface area contributed by atoms with Crippen LogP contribution in [0.3, 0.4) is 0 Å². The summed E-state index contributed by atoms with van der Waals surface area (Å²) in [6.45, 7) is 2.95. The van der Waals surface area contributed by atoms with Gasteiger partial charge in [-0.3, -0.25) is 0 Å². The summed E-state index contributed by atoms with van der Waals surface area (Å²) in [5.41, 5.74) is 0. The number of hydrogen-bond donors (Lipinski definition) is 1. The largest absolute Gasteiger partial charge is 0.369 e. The molecule has 0 spiro atoms. The van der Waals surface area contributed by atoms with Gasteiger partial charge in [0.2, 0.25) is 0 Å². The first kappa shape index (κ1) is 12.3. The molecule has 0 saturated heterocycles. The summed E-state index contributed by atoms with van der Waals surface area (Å²) in [5, 5.41) is 7.88. The van der Waals surface area contributed by atoms with Gasteiger partial charge in [0, 0.05) is 6.54 Å². The maximum Gasteiger partial charge on any atom is 0.173 e. The van der Waals surface area contributed by atoms with E-state index in [0.717, 1.165) is 23.3 Å². The fourth-order valence-corrected chi connectivity index (χ4v) is 1.97. The first-order chi connectivity index (χ1) is 8.22. The minimum Gasteiger partial charge on any atom is -0.369 e. The summed E-state index contributed by atoms with van der Waals surface area (Å²) in [6, 6.07) is 0. The van der Waals surface area contributed by atoms with Gasteiger partial charge in [-0.05, 0) is 22.4 Å². The van der Waals surface area contributed by atoms with E-state index in [1.165, 1.54) is 6.33 Å². The molecular formula is C10H11BrClN5. The molecule has 0 atom stereocenters. The van der Waals surface area contributed by atoms with Gasteiger partial charge >= 0.3 is 0 Å². The fourth-order valence-electron chi connectivity index (χ4n) is 1.30. The quantitative estimate of drug-likeness (QED) is 0.942. The molecule has 0 radical (unpaired) electrons. The Hall–Kier alpha value is -1.14. The second kappa shape index (κ2) is 5.46. The summed E-state index contributed by atoms with van der Waals surface area (Å²) < 4.78 is 2.37. The average molecular weight is 317 g/mol. The lowest BCUT2D eigenvalue weighted by Crippen LogP contribution is -2.07. The van der Waals surface area contributed by atoms with E-state index in [2.05, 4.69) is 43.2 Å². The lowest BCUT2D eigenvalue weighted by Gasteiger charge is -2.09. The second-order valence-electron chi connectivity index (χ2n) is 3.39. The normalized spacial score (nSPS) is 10.5. The molecule has 90 valence electrons. The van der Waals surface area contributed by atoms with Crippen molar-refractivity contribution in [2.75, 3.05) is 11.9 Å². The van der Waals surface area contributed by atoms with Gasteiger partial charge in [0.1, 0.15) is 16.6 Å². The average Bonchev–Trinajstić information content (AvgIpc) is 2.74. The Bertz CT molecular complexity index is 513. The monoisotopic (exact) mass is 315 g/mol. The van der Waals surface area contributed by atoms with E-state index in [1.807, 2.05) is 0 Å². The van der Waals surface area contributed by atoms with Gasteiger partial charge in [-0.2, -0.15) is 5.10 Å². The molecule has 1 N–H and O–H groups in total. The van der Waals surface area contributed by atoms with Crippen LogP contribution in [0, 0.1) is 0 Å². The summed E-state index contributed by atoms with van der Waals surface area (Å²) in [7, 11) is 0. The highest BCUT2D eigenvalue weighted by Crippen LogP contribution is 2.25. The smallest absolute Gasteiger partial charge is 0.173 e. The van der Waals surface area contributed by atoms with Crippen LogP contribution >= 0.6 is 27.5 Å². The first-order valence-electron chi connectivity index (χ1n) is 5.17. The molecule has 7 heteroatoms. The number of nitrogens with zero attached hydrogens (tertiary/aromatic N) is 4. The third-order valence-corrected chi connectivity index (χ3v) is 3.01. The molecule has 5 nitrogen and oxygen atoms in total. The third kappa shape index (κ3) is 2.76. The Balaban J connectivity index is 2.35. The molecule has 17 heavy (non-hydrogen) atoms. The van der Waals surface area contributed by atoms with Gasteiger partial charge in [-0.15, -0.1) is 0 Å². The predicted octanol–water partition coefficient (Wildman–Crippen LogP) is 2.90. The predicted molar refractivity (Wildman–Crippen MR) is 70.6 cm³/mol. The van der Waals surface area contributed by atoms with E-state index in [-0.39, 0.29) is 0 Å². The molecule has 0 fully saturated rings. The van der Waals surface area contributed by atoms with Gasteiger partial charge in [0.05, 0.1) is 17.4 Å². The minimum absolute atomic E-state index is 0.568. The third-order valence-electron chi connectivity index (χ3n) is 2.08. The number of nitrogens with one attached hydrogen (secondary N) is 1. The second-order valence-corrected chi connectivity index (χ2v) is 4.62. The van der Waals surface area contributed by atoms with Crippen molar-refractivity contribution in [1.82, 2.24) is 19.7 Å². The highest BCUT2D eigenvalue weighted by molar-refractivity contribution is 9.10. The zero-order valence-electron chi connectivity index (χ0n) is 9.19. The van der Waals surface area contributed by atoms with Crippen LogP contribution in [-0.2, 0) is 0 Å². The molecular weight excluding hydrogens is 306 g/mol. The van der Waals surface area contributed by atoms with Gasteiger partial charge in [0.25, 0.3) is 0 Å². The Morgan fingerprint density at radius 3 is 2.94 bits per heavy atom. The van der Waals surface area contributed by atoms with E-state index >= 15 is 0 Å². The molecule has 0 aliphatic heterocycles. The van der Waals surface area contributed by atoms with Crippen LogP contribution in [0.15, 0.2) is 23.2 Å².